The summed E-state index contributed by atoms with van der Waals surface area (Å²) in [5.74, 6) is 1.59. The van der Waals surface area contributed by atoms with Gasteiger partial charge in [0.15, 0.2) is 0 Å². The van der Waals surface area contributed by atoms with E-state index in [9.17, 15) is 0 Å². The lowest BCUT2D eigenvalue weighted by atomic mass is 9.75. The normalized spacial score (nSPS) is 35.2. The van der Waals surface area contributed by atoms with Crippen molar-refractivity contribution < 1.29 is 4.74 Å². The summed E-state index contributed by atoms with van der Waals surface area (Å²) in [5, 5.41) is 0. The lowest BCUT2D eigenvalue weighted by molar-refractivity contribution is 0.0148. The van der Waals surface area contributed by atoms with E-state index in [-0.39, 0.29) is 5.60 Å². The van der Waals surface area contributed by atoms with Crippen molar-refractivity contribution in [3.8, 4) is 0 Å². The zero-order chi connectivity index (χ0) is 10.2. The first-order valence-corrected chi connectivity index (χ1v) is 6.06. The maximum absolute atomic E-state index is 6.07. The zero-order valence-electron chi connectivity index (χ0n) is 9.68. The van der Waals surface area contributed by atoms with Crippen LogP contribution in [0.2, 0.25) is 0 Å². The van der Waals surface area contributed by atoms with Crippen LogP contribution in [-0.4, -0.2) is 12.2 Å². The molecule has 0 bridgehead atoms. The second-order valence-electron chi connectivity index (χ2n) is 4.95. The van der Waals surface area contributed by atoms with Crippen molar-refractivity contribution in [3.63, 3.8) is 0 Å². The van der Waals surface area contributed by atoms with Crippen molar-refractivity contribution in [1.29, 1.82) is 0 Å². The molecule has 2 unspecified atom stereocenters. The number of rotatable bonds is 2. The first-order chi connectivity index (χ1) is 6.72. The maximum atomic E-state index is 6.07. The van der Waals surface area contributed by atoms with Crippen LogP contribution in [0.5, 0.6) is 0 Å². The Bertz CT molecular complexity index is 238. The van der Waals surface area contributed by atoms with Crippen LogP contribution in [0.15, 0.2) is 11.6 Å². The monoisotopic (exact) mass is 194 g/mol. The van der Waals surface area contributed by atoms with Gasteiger partial charge in [-0.1, -0.05) is 26.8 Å². The van der Waals surface area contributed by atoms with Gasteiger partial charge >= 0.3 is 0 Å². The van der Waals surface area contributed by atoms with Gasteiger partial charge in [0.1, 0.15) is 0 Å². The predicted octanol–water partition coefficient (Wildman–Crippen LogP) is 3.55. The highest BCUT2D eigenvalue weighted by molar-refractivity contribution is 5.26. The first-order valence-electron chi connectivity index (χ1n) is 6.06. The van der Waals surface area contributed by atoms with Crippen molar-refractivity contribution in [2.24, 2.45) is 11.8 Å². The van der Waals surface area contributed by atoms with Gasteiger partial charge in [-0.15, -0.1) is 0 Å². The molecule has 80 valence electrons. The number of hydrogen-bond donors (Lipinski definition) is 0. The highest BCUT2D eigenvalue weighted by atomic mass is 16.5. The second kappa shape index (κ2) is 3.69. The van der Waals surface area contributed by atoms with Crippen molar-refractivity contribution in [2.45, 2.75) is 52.1 Å². The predicted molar refractivity (Wildman–Crippen MR) is 59.2 cm³/mol. The number of fused-ring (bicyclic) bond motifs is 1. The fraction of sp³-hybridized carbons (Fsp3) is 0.846. The van der Waals surface area contributed by atoms with E-state index >= 15 is 0 Å². The van der Waals surface area contributed by atoms with E-state index in [2.05, 4.69) is 26.8 Å². The molecule has 1 saturated heterocycles. The van der Waals surface area contributed by atoms with Crippen LogP contribution in [0, 0.1) is 11.8 Å². The molecule has 0 spiro atoms. The summed E-state index contributed by atoms with van der Waals surface area (Å²) >= 11 is 0. The lowest BCUT2D eigenvalue weighted by Crippen LogP contribution is -2.29. The Balaban J connectivity index is 2.25. The molecule has 14 heavy (non-hydrogen) atoms. The smallest absolute Gasteiger partial charge is 0.0890 e. The minimum Gasteiger partial charge on any atom is -0.370 e. The molecule has 1 fully saturated rings. The van der Waals surface area contributed by atoms with Gasteiger partial charge in [0, 0.05) is 5.92 Å². The van der Waals surface area contributed by atoms with Crippen molar-refractivity contribution in [2.75, 3.05) is 6.61 Å². The summed E-state index contributed by atoms with van der Waals surface area (Å²) in [6.07, 6.45) is 7.35. The van der Waals surface area contributed by atoms with E-state index in [1.807, 2.05) is 0 Å². The average molecular weight is 194 g/mol. The molecule has 0 N–H and O–H groups in total. The van der Waals surface area contributed by atoms with Crippen LogP contribution in [0.1, 0.15) is 46.5 Å². The van der Waals surface area contributed by atoms with Crippen LogP contribution in [-0.2, 0) is 4.74 Å². The maximum Gasteiger partial charge on any atom is 0.0890 e. The highest BCUT2D eigenvalue weighted by Crippen LogP contribution is 2.46. The Morgan fingerprint density at radius 2 is 2.14 bits per heavy atom. The molecule has 2 aliphatic rings. The van der Waals surface area contributed by atoms with Crippen LogP contribution >= 0.6 is 0 Å². The molecule has 1 aliphatic carbocycles. The topological polar surface area (TPSA) is 9.23 Å². The number of ether oxygens (including phenoxy) is 1. The standard InChI is InChI=1S/C13H22O/c1-4-13(5-2)12-7-6-10(3)8-11(12)9-14-13/h7,10-11H,4-6,8-9H2,1-3H3. The van der Waals surface area contributed by atoms with E-state index in [0.717, 1.165) is 31.3 Å². The molecule has 1 nitrogen and oxygen atoms in total. The molecular weight excluding hydrogens is 172 g/mol. The van der Waals surface area contributed by atoms with Gasteiger partial charge in [0.25, 0.3) is 0 Å². The Morgan fingerprint density at radius 3 is 2.79 bits per heavy atom. The summed E-state index contributed by atoms with van der Waals surface area (Å²) in [6.45, 7) is 7.83. The summed E-state index contributed by atoms with van der Waals surface area (Å²) in [7, 11) is 0. The van der Waals surface area contributed by atoms with Crippen molar-refractivity contribution in [3.05, 3.63) is 11.6 Å². The summed E-state index contributed by atoms with van der Waals surface area (Å²) in [6, 6.07) is 0. The Kier molecular flexibility index (Phi) is 2.70. The van der Waals surface area contributed by atoms with Gasteiger partial charge in [-0.25, -0.2) is 0 Å². The molecular formula is C13H22O. The van der Waals surface area contributed by atoms with Gasteiger partial charge in [-0.2, -0.15) is 0 Å². The van der Waals surface area contributed by atoms with Crippen LogP contribution in [0.3, 0.4) is 0 Å². The third-order valence-corrected chi connectivity index (χ3v) is 4.10. The van der Waals surface area contributed by atoms with Crippen molar-refractivity contribution >= 4 is 0 Å². The molecule has 1 heterocycles. The first kappa shape index (κ1) is 10.2. The largest absolute Gasteiger partial charge is 0.370 e. The Morgan fingerprint density at radius 1 is 1.43 bits per heavy atom. The van der Waals surface area contributed by atoms with E-state index < -0.39 is 0 Å². The van der Waals surface area contributed by atoms with Crippen molar-refractivity contribution in [1.82, 2.24) is 0 Å². The fourth-order valence-electron chi connectivity index (χ4n) is 3.13. The van der Waals surface area contributed by atoms with Gasteiger partial charge in [0.2, 0.25) is 0 Å². The molecule has 1 aliphatic heterocycles. The minimum absolute atomic E-state index is 0.116. The second-order valence-corrected chi connectivity index (χ2v) is 4.95. The molecule has 0 aromatic carbocycles. The van der Waals surface area contributed by atoms with E-state index in [1.54, 1.807) is 5.57 Å². The third-order valence-electron chi connectivity index (χ3n) is 4.10. The summed E-state index contributed by atoms with van der Waals surface area (Å²) in [5.41, 5.74) is 1.74. The van der Waals surface area contributed by atoms with Gasteiger partial charge in [0.05, 0.1) is 12.2 Å². The lowest BCUT2D eigenvalue weighted by Gasteiger charge is -2.31. The molecule has 0 aromatic rings. The molecule has 0 radical (unpaired) electrons. The zero-order valence-corrected chi connectivity index (χ0v) is 9.68. The molecule has 0 aromatic heterocycles. The molecule has 2 rings (SSSR count). The molecule has 0 saturated carbocycles. The summed E-state index contributed by atoms with van der Waals surface area (Å²) in [4.78, 5) is 0. The SMILES string of the molecule is CCC1(CC)OCC2CC(C)CC=C21. The number of allylic oxidation sites excluding steroid dienone is 1. The number of hydrogen-bond acceptors (Lipinski definition) is 1. The van der Waals surface area contributed by atoms with E-state index in [4.69, 9.17) is 4.74 Å². The molecule has 1 heteroatoms. The van der Waals surface area contributed by atoms with E-state index in [1.165, 1.54) is 12.8 Å². The van der Waals surface area contributed by atoms with Gasteiger partial charge in [-0.05, 0) is 37.2 Å². The summed E-state index contributed by atoms with van der Waals surface area (Å²) < 4.78 is 6.07. The average Bonchev–Trinajstić information content (AvgIpc) is 2.56. The quantitative estimate of drug-likeness (QED) is 0.611. The fourth-order valence-corrected chi connectivity index (χ4v) is 3.13. The molecule has 0 amide bonds. The molecule has 2 atom stereocenters. The van der Waals surface area contributed by atoms with Crippen LogP contribution < -0.4 is 0 Å². The minimum atomic E-state index is 0.116. The highest BCUT2D eigenvalue weighted by Gasteiger charge is 2.43. The van der Waals surface area contributed by atoms with E-state index in [0.29, 0.717) is 0 Å². The Labute approximate surface area is 87.5 Å². The van der Waals surface area contributed by atoms with Crippen LogP contribution in [0.25, 0.3) is 0 Å². The third kappa shape index (κ3) is 1.42. The van der Waals surface area contributed by atoms with Crippen LogP contribution in [0.4, 0.5) is 0 Å². The Hall–Kier alpha value is -0.300. The van der Waals surface area contributed by atoms with Gasteiger partial charge in [-0.3, -0.25) is 0 Å². The van der Waals surface area contributed by atoms with Gasteiger partial charge < -0.3 is 4.74 Å².